The van der Waals surface area contributed by atoms with Gasteiger partial charge in [0.25, 0.3) is 0 Å². The van der Waals surface area contributed by atoms with Crippen LogP contribution in [-0.2, 0) is 0 Å². The molecule has 0 radical (unpaired) electrons. The monoisotopic (exact) mass is 426 g/mol. The van der Waals surface area contributed by atoms with E-state index in [1.807, 2.05) is 0 Å². The second-order valence-electron chi connectivity index (χ2n) is 5.17. The van der Waals surface area contributed by atoms with Gasteiger partial charge in [-0.3, -0.25) is 0 Å². The summed E-state index contributed by atoms with van der Waals surface area (Å²) in [5, 5.41) is 0.561. The summed E-state index contributed by atoms with van der Waals surface area (Å²) >= 11 is 12.8. The molecule has 0 aromatic heterocycles. The molecule has 0 nitrogen and oxygen atoms in total. The molecule has 0 fully saturated rings. The van der Waals surface area contributed by atoms with Gasteiger partial charge in [0, 0.05) is 14.9 Å². The fourth-order valence-corrected chi connectivity index (χ4v) is 3.38. The smallest absolute Gasteiger partial charge is 0.128 e. The van der Waals surface area contributed by atoms with Crippen LogP contribution in [0.2, 0.25) is 5.02 Å². The Hall–Kier alpha value is 0.400. The lowest BCUT2D eigenvalue weighted by Gasteiger charge is -2.12. The van der Waals surface area contributed by atoms with Crippen LogP contribution in [0.1, 0.15) is 68.7 Å². The molecular formula is C16H22Br2ClF. The first kappa shape index (κ1) is 18.4. The van der Waals surface area contributed by atoms with Crippen LogP contribution in [0.3, 0.4) is 0 Å². The van der Waals surface area contributed by atoms with E-state index in [0.717, 1.165) is 12.8 Å². The number of hydrogen-bond donors (Lipinski definition) is 0. The largest absolute Gasteiger partial charge is 0.207 e. The third-order valence-corrected chi connectivity index (χ3v) is 5.59. The molecule has 0 aliphatic heterocycles. The van der Waals surface area contributed by atoms with Crippen LogP contribution >= 0.6 is 43.5 Å². The van der Waals surface area contributed by atoms with E-state index in [2.05, 4.69) is 38.8 Å². The highest BCUT2D eigenvalue weighted by Crippen LogP contribution is 2.35. The van der Waals surface area contributed by atoms with Gasteiger partial charge < -0.3 is 0 Å². The quantitative estimate of drug-likeness (QED) is 0.214. The maximum atomic E-state index is 13.9. The molecule has 0 aliphatic rings. The first-order valence-corrected chi connectivity index (χ1v) is 9.43. The van der Waals surface area contributed by atoms with Gasteiger partial charge in [-0.2, -0.15) is 0 Å². The molecule has 1 unspecified atom stereocenters. The highest BCUT2D eigenvalue weighted by molar-refractivity contribution is 9.10. The van der Waals surface area contributed by atoms with Crippen LogP contribution in [0, 0.1) is 5.82 Å². The first-order valence-electron chi connectivity index (χ1n) is 7.34. The molecule has 0 N–H and O–H groups in total. The molecule has 0 aliphatic carbocycles. The van der Waals surface area contributed by atoms with Gasteiger partial charge in [-0.1, -0.05) is 79.4 Å². The van der Waals surface area contributed by atoms with Crippen LogP contribution in [0.15, 0.2) is 16.6 Å². The highest BCUT2D eigenvalue weighted by atomic mass is 79.9. The fourth-order valence-electron chi connectivity index (χ4n) is 2.21. The Bertz CT molecular complexity index is 410. The van der Waals surface area contributed by atoms with Crippen molar-refractivity contribution < 1.29 is 4.39 Å². The molecule has 114 valence electrons. The first-order chi connectivity index (χ1) is 9.56. The summed E-state index contributed by atoms with van der Waals surface area (Å²) in [5.74, 6) is -0.203. The zero-order chi connectivity index (χ0) is 15.0. The van der Waals surface area contributed by atoms with E-state index < -0.39 is 0 Å². The summed E-state index contributed by atoms with van der Waals surface area (Å²) in [6, 6.07) is 3.15. The molecule has 0 heterocycles. The molecule has 0 spiro atoms. The van der Waals surface area contributed by atoms with Crippen molar-refractivity contribution >= 4 is 43.5 Å². The Labute approximate surface area is 143 Å². The van der Waals surface area contributed by atoms with Gasteiger partial charge in [-0.05, 0) is 34.5 Å². The summed E-state index contributed by atoms with van der Waals surface area (Å²) in [6.07, 6.45) is 9.85. The van der Waals surface area contributed by atoms with E-state index in [4.69, 9.17) is 11.6 Å². The van der Waals surface area contributed by atoms with Gasteiger partial charge in [-0.15, -0.1) is 0 Å². The molecule has 20 heavy (non-hydrogen) atoms. The van der Waals surface area contributed by atoms with Gasteiger partial charge in [0.05, 0.1) is 5.02 Å². The zero-order valence-corrected chi connectivity index (χ0v) is 15.8. The van der Waals surface area contributed by atoms with E-state index in [-0.39, 0.29) is 10.6 Å². The number of halogens is 4. The minimum absolute atomic E-state index is 0.0451. The van der Waals surface area contributed by atoms with Gasteiger partial charge in [0.15, 0.2) is 0 Å². The summed E-state index contributed by atoms with van der Waals surface area (Å²) in [4.78, 5) is 0.0451. The third-order valence-electron chi connectivity index (χ3n) is 3.44. The van der Waals surface area contributed by atoms with Crippen molar-refractivity contribution in [2.75, 3.05) is 0 Å². The normalized spacial score (nSPS) is 12.7. The number of unbranched alkanes of at least 4 members (excludes halogenated alkanes) is 6. The Balaban J connectivity index is 2.32. The molecule has 4 heteroatoms. The topological polar surface area (TPSA) is 0 Å². The summed E-state index contributed by atoms with van der Waals surface area (Å²) in [5.41, 5.74) is 0.657. The van der Waals surface area contributed by atoms with Gasteiger partial charge >= 0.3 is 0 Å². The molecule has 1 atom stereocenters. The van der Waals surface area contributed by atoms with Crippen molar-refractivity contribution in [1.82, 2.24) is 0 Å². The lowest BCUT2D eigenvalue weighted by atomic mass is 10.0. The number of hydrogen-bond acceptors (Lipinski definition) is 0. The molecule has 0 amide bonds. The number of benzene rings is 1. The predicted octanol–water partition coefficient (Wildman–Crippen LogP) is 7.82. The zero-order valence-electron chi connectivity index (χ0n) is 11.9. The van der Waals surface area contributed by atoms with Crippen molar-refractivity contribution in [3.05, 3.63) is 33.0 Å². The maximum absolute atomic E-state index is 13.9. The number of alkyl halides is 1. The van der Waals surface area contributed by atoms with Crippen LogP contribution in [-0.4, -0.2) is 0 Å². The Morgan fingerprint density at radius 3 is 2.35 bits per heavy atom. The van der Waals surface area contributed by atoms with Crippen LogP contribution in [0.5, 0.6) is 0 Å². The summed E-state index contributed by atoms with van der Waals surface area (Å²) in [6.45, 7) is 2.23. The van der Waals surface area contributed by atoms with E-state index in [1.165, 1.54) is 44.6 Å². The Morgan fingerprint density at radius 1 is 1.10 bits per heavy atom. The lowest BCUT2D eigenvalue weighted by Crippen LogP contribution is -1.95. The molecule has 0 bridgehead atoms. The highest BCUT2D eigenvalue weighted by Gasteiger charge is 2.14. The van der Waals surface area contributed by atoms with Crippen molar-refractivity contribution in [1.29, 1.82) is 0 Å². The lowest BCUT2D eigenvalue weighted by molar-refractivity contribution is 0.563. The van der Waals surface area contributed by atoms with Crippen molar-refractivity contribution in [2.45, 2.75) is 63.1 Å². The molecular weight excluding hydrogens is 406 g/mol. The second kappa shape index (κ2) is 10.2. The van der Waals surface area contributed by atoms with Gasteiger partial charge in [0.1, 0.15) is 5.82 Å². The third kappa shape index (κ3) is 6.44. The van der Waals surface area contributed by atoms with Crippen molar-refractivity contribution in [2.24, 2.45) is 0 Å². The van der Waals surface area contributed by atoms with Crippen molar-refractivity contribution in [3.8, 4) is 0 Å². The molecule has 1 aromatic rings. The van der Waals surface area contributed by atoms with E-state index in [9.17, 15) is 4.39 Å². The minimum atomic E-state index is -0.203. The van der Waals surface area contributed by atoms with Gasteiger partial charge in [0.2, 0.25) is 0 Å². The summed E-state index contributed by atoms with van der Waals surface area (Å²) in [7, 11) is 0. The molecule has 1 rings (SSSR count). The van der Waals surface area contributed by atoms with Crippen LogP contribution in [0.4, 0.5) is 4.39 Å². The maximum Gasteiger partial charge on any atom is 0.128 e. The fraction of sp³-hybridized carbons (Fsp3) is 0.625. The molecule has 0 saturated carbocycles. The minimum Gasteiger partial charge on any atom is -0.207 e. The van der Waals surface area contributed by atoms with E-state index >= 15 is 0 Å². The Kier molecular flexibility index (Phi) is 9.39. The van der Waals surface area contributed by atoms with Gasteiger partial charge in [-0.25, -0.2) is 4.39 Å². The van der Waals surface area contributed by atoms with E-state index in [1.54, 1.807) is 6.07 Å². The Morgan fingerprint density at radius 2 is 1.70 bits per heavy atom. The average molecular weight is 429 g/mol. The van der Waals surface area contributed by atoms with Crippen molar-refractivity contribution in [3.63, 3.8) is 0 Å². The average Bonchev–Trinajstić information content (AvgIpc) is 2.41. The standard InChI is InChI=1S/C16H22Br2ClF/c1-2-3-4-5-6-7-8-9-13(17)12-10-15(19)14(18)11-16(12)20/h10-11,13H,2-9H2,1H3. The molecule has 1 aromatic carbocycles. The molecule has 0 saturated heterocycles. The van der Waals surface area contributed by atoms with Crippen LogP contribution < -0.4 is 0 Å². The number of rotatable bonds is 9. The SMILES string of the molecule is CCCCCCCCCC(Br)c1cc(Cl)c(Br)cc1F. The van der Waals surface area contributed by atoms with Crippen LogP contribution in [0.25, 0.3) is 0 Å². The second-order valence-corrected chi connectivity index (χ2v) is 7.53. The summed E-state index contributed by atoms with van der Waals surface area (Å²) < 4.78 is 14.5. The predicted molar refractivity (Wildman–Crippen MR) is 93.4 cm³/mol. The van der Waals surface area contributed by atoms with E-state index in [0.29, 0.717) is 15.1 Å².